The van der Waals surface area contributed by atoms with Crippen LogP contribution in [-0.4, -0.2) is 27.3 Å². The Morgan fingerprint density at radius 1 is 1.24 bits per heavy atom. The van der Waals surface area contributed by atoms with Gasteiger partial charge in [0.2, 0.25) is 0 Å². The third-order valence-corrected chi connectivity index (χ3v) is 5.03. The van der Waals surface area contributed by atoms with Crippen LogP contribution < -0.4 is 0 Å². The van der Waals surface area contributed by atoms with E-state index >= 15 is 0 Å². The third-order valence-electron chi connectivity index (χ3n) is 4.80. The number of hydrogen-bond donors (Lipinski definition) is 0. The largest absolute Gasteiger partial charge is 0.466 e. The molecule has 1 aliphatic rings. The highest BCUT2D eigenvalue weighted by Gasteiger charge is 2.35. The SMILES string of the molecule is CCOC(=O)CC1OC(c2ccccc2F)c2cc(Cl)ccc2-n2c(C)nnc21. The van der Waals surface area contributed by atoms with Crippen molar-refractivity contribution in [3.63, 3.8) is 0 Å². The molecular formula is C21H19ClFN3O3. The van der Waals surface area contributed by atoms with E-state index in [0.29, 0.717) is 27.8 Å². The molecule has 0 saturated heterocycles. The van der Waals surface area contributed by atoms with E-state index in [9.17, 15) is 9.18 Å². The predicted molar refractivity (Wildman–Crippen MR) is 104 cm³/mol. The topological polar surface area (TPSA) is 66.2 Å². The first kappa shape index (κ1) is 19.5. The number of halogens is 2. The van der Waals surface area contributed by atoms with E-state index in [4.69, 9.17) is 21.1 Å². The van der Waals surface area contributed by atoms with Crippen LogP contribution in [0.3, 0.4) is 0 Å². The fourth-order valence-electron chi connectivity index (χ4n) is 3.56. The van der Waals surface area contributed by atoms with Gasteiger partial charge in [-0.05, 0) is 38.1 Å². The molecule has 4 rings (SSSR count). The van der Waals surface area contributed by atoms with Gasteiger partial charge >= 0.3 is 5.97 Å². The Hall–Kier alpha value is -2.77. The van der Waals surface area contributed by atoms with Crippen molar-refractivity contribution in [3.8, 4) is 5.69 Å². The first-order chi connectivity index (χ1) is 14.0. The van der Waals surface area contributed by atoms with Gasteiger partial charge in [0.1, 0.15) is 23.8 Å². The fourth-order valence-corrected chi connectivity index (χ4v) is 3.74. The summed E-state index contributed by atoms with van der Waals surface area (Å²) < 4.78 is 27.9. The molecule has 0 bridgehead atoms. The molecule has 2 aromatic carbocycles. The first-order valence-corrected chi connectivity index (χ1v) is 9.64. The van der Waals surface area contributed by atoms with Gasteiger partial charge in [-0.25, -0.2) is 4.39 Å². The summed E-state index contributed by atoms with van der Waals surface area (Å²) in [5.41, 5.74) is 1.74. The van der Waals surface area contributed by atoms with Crippen molar-refractivity contribution in [2.24, 2.45) is 0 Å². The minimum Gasteiger partial charge on any atom is -0.466 e. The Balaban J connectivity index is 1.91. The maximum absolute atomic E-state index is 14.7. The van der Waals surface area contributed by atoms with Crippen molar-refractivity contribution in [1.29, 1.82) is 0 Å². The second-order valence-corrected chi connectivity index (χ2v) is 7.12. The number of fused-ring (bicyclic) bond motifs is 3. The first-order valence-electron chi connectivity index (χ1n) is 9.26. The molecule has 2 unspecified atom stereocenters. The maximum atomic E-state index is 14.7. The summed E-state index contributed by atoms with van der Waals surface area (Å²) in [5, 5.41) is 8.88. The van der Waals surface area contributed by atoms with E-state index < -0.39 is 24.0 Å². The fraction of sp³-hybridized carbons (Fsp3) is 0.286. The van der Waals surface area contributed by atoms with E-state index in [2.05, 4.69) is 10.2 Å². The molecule has 1 aromatic heterocycles. The standard InChI is InChI=1S/C21H19ClFN3O3/c1-3-28-19(27)11-18-21-25-24-12(2)26(21)17-9-8-13(22)10-15(17)20(29-18)14-6-4-5-7-16(14)23/h4-10,18,20H,3,11H2,1-2H3. The lowest BCUT2D eigenvalue weighted by Crippen LogP contribution is -2.17. The summed E-state index contributed by atoms with van der Waals surface area (Å²) in [7, 11) is 0. The Morgan fingerprint density at radius 3 is 2.79 bits per heavy atom. The second-order valence-electron chi connectivity index (χ2n) is 6.68. The third kappa shape index (κ3) is 3.63. The van der Waals surface area contributed by atoms with E-state index in [0.717, 1.165) is 5.69 Å². The van der Waals surface area contributed by atoms with Gasteiger partial charge < -0.3 is 9.47 Å². The van der Waals surface area contributed by atoms with Gasteiger partial charge in [0, 0.05) is 16.1 Å². The van der Waals surface area contributed by atoms with Crippen LogP contribution in [0.4, 0.5) is 4.39 Å². The summed E-state index contributed by atoms with van der Waals surface area (Å²) in [6.07, 6.45) is -1.63. The van der Waals surface area contributed by atoms with Gasteiger partial charge in [-0.3, -0.25) is 9.36 Å². The Labute approximate surface area is 172 Å². The summed E-state index contributed by atoms with van der Waals surface area (Å²) in [6, 6.07) is 11.7. The Morgan fingerprint density at radius 2 is 2.03 bits per heavy atom. The average molecular weight is 416 g/mol. The smallest absolute Gasteiger partial charge is 0.308 e. The maximum Gasteiger partial charge on any atom is 0.308 e. The van der Waals surface area contributed by atoms with E-state index in [1.807, 2.05) is 10.6 Å². The minimum absolute atomic E-state index is 0.0708. The average Bonchev–Trinajstić information content (AvgIpc) is 3.01. The lowest BCUT2D eigenvalue weighted by atomic mass is 9.99. The number of aromatic nitrogens is 3. The number of carbonyl (C=O) groups excluding carboxylic acids is 1. The highest BCUT2D eigenvalue weighted by Crippen LogP contribution is 2.42. The van der Waals surface area contributed by atoms with Crippen LogP contribution in [0, 0.1) is 12.7 Å². The van der Waals surface area contributed by atoms with Crippen LogP contribution in [0.5, 0.6) is 0 Å². The van der Waals surface area contributed by atoms with Crippen LogP contribution >= 0.6 is 11.6 Å². The summed E-state index contributed by atoms with van der Waals surface area (Å²) >= 11 is 6.26. The number of aryl methyl sites for hydroxylation is 1. The lowest BCUT2D eigenvalue weighted by molar-refractivity contribution is -0.147. The van der Waals surface area contributed by atoms with Gasteiger partial charge in [-0.15, -0.1) is 10.2 Å². The quantitative estimate of drug-likeness (QED) is 0.588. The number of benzene rings is 2. The molecule has 150 valence electrons. The normalized spacial score (nSPS) is 17.9. The molecule has 0 radical (unpaired) electrons. The van der Waals surface area contributed by atoms with Crippen molar-refractivity contribution >= 4 is 17.6 Å². The van der Waals surface area contributed by atoms with Crippen molar-refractivity contribution in [2.75, 3.05) is 6.61 Å². The summed E-state index contributed by atoms with van der Waals surface area (Å²) in [6.45, 7) is 3.79. The molecule has 2 atom stereocenters. The van der Waals surface area contributed by atoms with Crippen LogP contribution in [0.25, 0.3) is 5.69 Å². The van der Waals surface area contributed by atoms with Crippen LogP contribution in [0.1, 0.15) is 48.3 Å². The van der Waals surface area contributed by atoms with Crippen LogP contribution in [-0.2, 0) is 14.3 Å². The molecule has 0 spiro atoms. The number of hydrogen-bond acceptors (Lipinski definition) is 5. The predicted octanol–water partition coefficient (Wildman–Crippen LogP) is 4.48. The summed E-state index contributed by atoms with van der Waals surface area (Å²) in [4.78, 5) is 12.2. The zero-order valence-electron chi connectivity index (χ0n) is 15.9. The van der Waals surface area contributed by atoms with Gasteiger partial charge in [-0.2, -0.15) is 0 Å². The molecule has 0 aliphatic carbocycles. The monoisotopic (exact) mass is 415 g/mol. The van der Waals surface area contributed by atoms with Crippen molar-refractivity contribution in [2.45, 2.75) is 32.5 Å². The van der Waals surface area contributed by atoms with Gasteiger partial charge in [0.25, 0.3) is 0 Å². The molecule has 3 aromatic rings. The highest BCUT2D eigenvalue weighted by atomic mass is 35.5. The number of esters is 1. The van der Waals surface area contributed by atoms with Crippen molar-refractivity contribution < 1.29 is 18.7 Å². The molecule has 1 aliphatic heterocycles. The number of ether oxygens (including phenoxy) is 2. The van der Waals surface area contributed by atoms with Gasteiger partial charge in [-0.1, -0.05) is 29.8 Å². The molecule has 6 nitrogen and oxygen atoms in total. The van der Waals surface area contributed by atoms with E-state index in [1.54, 1.807) is 44.2 Å². The number of nitrogens with zero attached hydrogens (tertiary/aromatic N) is 3. The van der Waals surface area contributed by atoms with E-state index in [-0.39, 0.29) is 13.0 Å². The highest BCUT2D eigenvalue weighted by molar-refractivity contribution is 6.30. The Bertz CT molecular complexity index is 1070. The second kappa shape index (κ2) is 7.93. The van der Waals surface area contributed by atoms with Gasteiger partial charge in [0.05, 0.1) is 18.7 Å². The van der Waals surface area contributed by atoms with Gasteiger partial charge in [0.15, 0.2) is 5.82 Å². The molecule has 0 fully saturated rings. The van der Waals surface area contributed by atoms with Crippen LogP contribution in [0.15, 0.2) is 42.5 Å². The van der Waals surface area contributed by atoms with Crippen molar-refractivity contribution in [3.05, 3.63) is 76.1 Å². The molecule has 0 N–H and O–H groups in total. The molecule has 29 heavy (non-hydrogen) atoms. The zero-order chi connectivity index (χ0) is 20.5. The number of carbonyl (C=O) groups is 1. The van der Waals surface area contributed by atoms with Crippen LogP contribution in [0.2, 0.25) is 5.02 Å². The lowest BCUT2D eigenvalue weighted by Gasteiger charge is -2.22. The molecule has 0 saturated carbocycles. The summed E-state index contributed by atoms with van der Waals surface area (Å²) in [5.74, 6) is 0.238. The molecular weight excluding hydrogens is 397 g/mol. The number of rotatable bonds is 4. The molecule has 8 heteroatoms. The Kier molecular flexibility index (Phi) is 5.34. The van der Waals surface area contributed by atoms with Crippen molar-refractivity contribution in [1.82, 2.24) is 14.8 Å². The van der Waals surface area contributed by atoms with E-state index in [1.165, 1.54) is 6.07 Å². The molecule has 2 heterocycles. The minimum atomic E-state index is -0.787. The zero-order valence-corrected chi connectivity index (χ0v) is 16.7. The molecule has 0 amide bonds.